The average molecular weight is 360 g/mol. The molecule has 6 unspecified atom stereocenters. The fourth-order valence-electron chi connectivity index (χ4n) is 6.92. The van der Waals surface area contributed by atoms with Crippen LogP contribution in [0.5, 0.6) is 0 Å². The standard InChI is InChI=1S/C21H28O5/c1-19-7-5-13(23)9-12(19)3-4-14-15-6-8-21(26,17(25)11-22)20(15,2)10-16(24)18(14)19/h5,7,9,14-16,18,22,24,26H,3-4,6,8,10-11H2,1-2H3/t14?,15?,16?,18-,19?,20?,21?/m1/s1. The van der Waals surface area contributed by atoms with Crippen LogP contribution in [0.1, 0.15) is 46.0 Å². The van der Waals surface area contributed by atoms with Crippen molar-refractivity contribution in [1.82, 2.24) is 0 Å². The van der Waals surface area contributed by atoms with Crippen molar-refractivity contribution in [3.05, 3.63) is 23.8 Å². The van der Waals surface area contributed by atoms with E-state index in [1.807, 2.05) is 13.0 Å². The molecule has 0 spiro atoms. The summed E-state index contributed by atoms with van der Waals surface area (Å²) in [6.07, 6.45) is 7.68. The zero-order valence-corrected chi connectivity index (χ0v) is 15.4. The Kier molecular flexibility index (Phi) is 3.89. The quantitative estimate of drug-likeness (QED) is 0.695. The number of ketones is 2. The highest BCUT2D eigenvalue weighted by Crippen LogP contribution is 2.67. The van der Waals surface area contributed by atoms with E-state index in [1.165, 1.54) is 0 Å². The number of aliphatic hydroxyl groups is 3. The molecular formula is C21H28O5. The van der Waals surface area contributed by atoms with Crippen molar-refractivity contribution in [2.45, 2.75) is 57.7 Å². The lowest BCUT2D eigenvalue weighted by Gasteiger charge is -2.59. The zero-order chi connectivity index (χ0) is 18.9. The Morgan fingerprint density at radius 2 is 2.04 bits per heavy atom. The Morgan fingerprint density at radius 3 is 2.73 bits per heavy atom. The van der Waals surface area contributed by atoms with E-state index in [9.17, 15) is 24.9 Å². The van der Waals surface area contributed by atoms with Gasteiger partial charge < -0.3 is 15.3 Å². The third kappa shape index (κ3) is 2.08. The monoisotopic (exact) mass is 360 g/mol. The molecule has 4 aliphatic rings. The third-order valence-corrected chi connectivity index (χ3v) is 8.25. The van der Waals surface area contributed by atoms with Crippen molar-refractivity contribution < 1.29 is 24.9 Å². The van der Waals surface area contributed by atoms with E-state index < -0.39 is 29.5 Å². The van der Waals surface area contributed by atoms with E-state index in [2.05, 4.69) is 6.92 Å². The molecule has 0 bridgehead atoms. The number of aliphatic hydroxyl groups excluding tert-OH is 2. The van der Waals surface area contributed by atoms with E-state index in [-0.39, 0.29) is 29.0 Å². The average Bonchev–Trinajstić information content (AvgIpc) is 2.86. The summed E-state index contributed by atoms with van der Waals surface area (Å²) >= 11 is 0. The van der Waals surface area contributed by atoms with Gasteiger partial charge in [0.2, 0.25) is 0 Å². The van der Waals surface area contributed by atoms with E-state index in [4.69, 9.17) is 0 Å². The van der Waals surface area contributed by atoms with Crippen molar-refractivity contribution in [1.29, 1.82) is 0 Å². The second-order valence-corrected chi connectivity index (χ2v) is 9.19. The summed E-state index contributed by atoms with van der Waals surface area (Å²) in [7, 11) is 0. The molecule has 0 amide bonds. The smallest absolute Gasteiger partial charge is 0.190 e. The van der Waals surface area contributed by atoms with Gasteiger partial charge in [0.15, 0.2) is 11.6 Å². The maximum absolute atomic E-state index is 12.4. The summed E-state index contributed by atoms with van der Waals surface area (Å²) in [4.78, 5) is 24.2. The highest BCUT2D eigenvalue weighted by molar-refractivity contribution is 6.01. The van der Waals surface area contributed by atoms with E-state index in [1.54, 1.807) is 12.2 Å². The summed E-state index contributed by atoms with van der Waals surface area (Å²) in [6.45, 7) is 3.34. The largest absolute Gasteiger partial charge is 0.393 e. The van der Waals surface area contributed by atoms with Gasteiger partial charge in [-0.15, -0.1) is 0 Å². The SMILES string of the molecule is CC12C=CC(=O)C=C1CCC1C3CCC(O)(C(=O)CO)C3(C)CC(O)[C@@H]12. The summed E-state index contributed by atoms with van der Waals surface area (Å²) in [5.74, 6) is -0.227. The van der Waals surface area contributed by atoms with Crippen LogP contribution >= 0.6 is 0 Å². The first-order valence-electron chi connectivity index (χ1n) is 9.66. The van der Waals surface area contributed by atoms with Crippen LogP contribution in [0.15, 0.2) is 23.8 Å². The fraction of sp³-hybridized carbons (Fsp3) is 0.714. The zero-order valence-electron chi connectivity index (χ0n) is 15.4. The molecule has 0 aromatic carbocycles. The maximum atomic E-state index is 12.4. The van der Waals surface area contributed by atoms with Crippen molar-refractivity contribution >= 4 is 11.6 Å². The van der Waals surface area contributed by atoms with Crippen LogP contribution in [0.2, 0.25) is 0 Å². The van der Waals surface area contributed by atoms with Gasteiger partial charge in [0.25, 0.3) is 0 Å². The van der Waals surface area contributed by atoms with Gasteiger partial charge in [0, 0.05) is 16.7 Å². The fourth-order valence-corrected chi connectivity index (χ4v) is 6.92. The predicted molar refractivity (Wildman–Crippen MR) is 95.0 cm³/mol. The third-order valence-electron chi connectivity index (χ3n) is 8.25. The minimum atomic E-state index is -1.56. The number of Topliss-reactive ketones (excluding diaryl/α,β-unsaturated/α-hetero) is 1. The van der Waals surface area contributed by atoms with Gasteiger partial charge in [-0.05, 0) is 56.1 Å². The molecule has 0 radical (unpaired) electrons. The highest BCUT2D eigenvalue weighted by atomic mass is 16.3. The summed E-state index contributed by atoms with van der Waals surface area (Å²) in [5.41, 5.74) is -1.54. The van der Waals surface area contributed by atoms with Crippen LogP contribution in [-0.2, 0) is 9.59 Å². The van der Waals surface area contributed by atoms with Crippen LogP contribution in [0, 0.1) is 28.6 Å². The molecule has 4 aliphatic carbocycles. The molecule has 0 aliphatic heterocycles. The molecule has 142 valence electrons. The highest BCUT2D eigenvalue weighted by Gasteiger charge is 2.67. The summed E-state index contributed by atoms with van der Waals surface area (Å²) < 4.78 is 0. The van der Waals surface area contributed by atoms with Crippen LogP contribution in [0.25, 0.3) is 0 Å². The van der Waals surface area contributed by atoms with Crippen molar-refractivity contribution in [3.63, 3.8) is 0 Å². The Morgan fingerprint density at radius 1 is 1.31 bits per heavy atom. The van der Waals surface area contributed by atoms with Crippen LogP contribution in [0.3, 0.4) is 0 Å². The number of carbonyl (C=O) groups is 2. The number of allylic oxidation sites excluding steroid dienone is 4. The number of hydrogen-bond acceptors (Lipinski definition) is 5. The minimum absolute atomic E-state index is 0.00912. The van der Waals surface area contributed by atoms with E-state index in [0.29, 0.717) is 12.8 Å². The molecule has 3 fully saturated rings. The molecule has 0 aromatic rings. The van der Waals surface area contributed by atoms with Gasteiger partial charge in [0.1, 0.15) is 12.2 Å². The molecule has 3 N–H and O–H groups in total. The maximum Gasteiger partial charge on any atom is 0.190 e. The Bertz CT molecular complexity index is 724. The molecule has 7 atom stereocenters. The lowest BCUT2D eigenvalue weighted by molar-refractivity contribution is -0.178. The Balaban J connectivity index is 1.75. The number of hydrogen-bond donors (Lipinski definition) is 3. The molecule has 5 heteroatoms. The number of rotatable bonds is 2. The van der Waals surface area contributed by atoms with E-state index >= 15 is 0 Å². The lowest BCUT2D eigenvalue weighted by Crippen LogP contribution is -2.61. The first kappa shape index (κ1) is 18.1. The second kappa shape index (κ2) is 5.60. The van der Waals surface area contributed by atoms with Crippen LogP contribution in [0.4, 0.5) is 0 Å². The lowest BCUT2D eigenvalue weighted by atomic mass is 9.46. The molecule has 0 aromatic heterocycles. The van der Waals surface area contributed by atoms with Crippen LogP contribution < -0.4 is 0 Å². The molecule has 0 saturated heterocycles. The molecule has 4 rings (SSSR count). The number of fused-ring (bicyclic) bond motifs is 5. The van der Waals surface area contributed by atoms with Crippen LogP contribution in [-0.4, -0.2) is 45.2 Å². The molecule has 5 nitrogen and oxygen atoms in total. The van der Waals surface area contributed by atoms with Gasteiger partial charge in [-0.2, -0.15) is 0 Å². The predicted octanol–water partition coefficient (Wildman–Crippen LogP) is 1.56. The van der Waals surface area contributed by atoms with Crippen molar-refractivity contribution in [3.8, 4) is 0 Å². The Hall–Kier alpha value is -1.30. The summed E-state index contributed by atoms with van der Waals surface area (Å²) in [5, 5.41) is 31.7. The van der Waals surface area contributed by atoms with Gasteiger partial charge in [-0.25, -0.2) is 0 Å². The first-order chi connectivity index (χ1) is 12.2. The van der Waals surface area contributed by atoms with Gasteiger partial charge in [0.05, 0.1) is 6.10 Å². The van der Waals surface area contributed by atoms with Crippen molar-refractivity contribution in [2.75, 3.05) is 6.61 Å². The Labute approximate surface area is 153 Å². The molecule has 0 heterocycles. The molecule has 3 saturated carbocycles. The van der Waals surface area contributed by atoms with Gasteiger partial charge in [-0.1, -0.05) is 25.5 Å². The van der Waals surface area contributed by atoms with E-state index in [0.717, 1.165) is 24.8 Å². The van der Waals surface area contributed by atoms with Gasteiger partial charge >= 0.3 is 0 Å². The first-order valence-corrected chi connectivity index (χ1v) is 9.66. The molecular weight excluding hydrogens is 332 g/mol. The summed E-state index contributed by atoms with van der Waals surface area (Å²) in [6, 6.07) is 0. The second-order valence-electron chi connectivity index (χ2n) is 9.19. The molecule has 26 heavy (non-hydrogen) atoms. The normalized spacial score (nSPS) is 49.9. The topological polar surface area (TPSA) is 94.8 Å². The minimum Gasteiger partial charge on any atom is -0.393 e. The van der Waals surface area contributed by atoms with Crippen molar-refractivity contribution in [2.24, 2.45) is 28.6 Å². The number of carbonyl (C=O) groups excluding carboxylic acids is 2. The van der Waals surface area contributed by atoms with Gasteiger partial charge in [-0.3, -0.25) is 9.59 Å².